The largest absolute Gasteiger partial charge is 0.481 e. The molecule has 1 aromatic rings. The summed E-state index contributed by atoms with van der Waals surface area (Å²) in [4.78, 5) is 22.8. The SMILES string of the molecule is CNS(=O)(=O)c1ccc(C(C)NC(=O)C2CC2C(=O)O)cc1. The van der Waals surface area contributed by atoms with Gasteiger partial charge in [-0.15, -0.1) is 0 Å². The third-order valence-corrected chi connectivity index (χ3v) is 5.19. The fourth-order valence-corrected chi connectivity index (χ4v) is 2.95. The van der Waals surface area contributed by atoms with E-state index in [9.17, 15) is 18.0 Å². The first-order valence-electron chi connectivity index (χ1n) is 6.83. The highest BCUT2D eigenvalue weighted by atomic mass is 32.2. The van der Waals surface area contributed by atoms with Gasteiger partial charge in [0.15, 0.2) is 0 Å². The predicted molar refractivity (Wildman–Crippen MR) is 78.5 cm³/mol. The Morgan fingerprint density at radius 2 is 1.82 bits per heavy atom. The summed E-state index contributed by atoms with van der Waals surface area (Å²) in [6, 6.07) is 5.84. The number of sulfonamides is 1. The fourth-order valence-electron chi connectivity index (χ4n) is 2.21. The van der Waals surface area contributed by atoms with Crippen molar-refractivity contribution < 1.29 is 23.1 Å². The zero-order valence-electron chi connectivity index (χ0n) is 12.2. The van der Waals surface area contributed by atoms with Crippen molar-refractivity contribution in [3.63, 3.8) is 0 Å². The number of hydrogen-bond donors (Lipinski definition) is 3. The summed E-state index contributed by atoms with van der Waals surface area (Å²) in [6.45, 7) is 1.76. The number of hydrogen-bond acceptors (Lipinski definition) is 4. The van der Waals surface area contributed by atoms with Crippen molar-refractivity contribution in [1.29, 1.82) is 0 Å². The van der Waals surface area contributed by atoms with Gasteiger partial charge in [-0.3, -0.25) is 9.59 Å². The van der Waals surface area contributed by atoms with E-state index in [2.05, 4.69) is 10.0 Å². The molecule has 0 aliphatic heterocycles. The van der Waals surface area contributed by atoms with Crippen LogP contribution in [0.1, 0.15) is 24.9 Å². The minimum Gasteiger partial charge on any atom is -0.481 e. The van der Waals surface area contributed by atoms with Gasteiger partial charge in [-0.05, 0) is 38.1 Å². The lowest BCUT2D eigenvalue weighted by molar-refractivity contribution is -0.140. The smallest absolute Gasteiger partial charge is 0.307 e. The Labute approximate surface area is 128 Å². The minimum absolute atomic E-state index is 0.144. The number of aliphatic carboxylic acids is 1. The first-order chi connectivity index (χ1) is 10.3. The maximum absolute atomic E-state index is 11.9. The number of carbonyl (C=O) groups excluding carboxylic acids is 1. The molecule has 1 fully saturated rings. The van der Waals surface area contributed by atoms with Gasteiger partial charge in [-0.1, -0.05) is 12.1 Å². The van der Waals surface area contributed by atoms with E-state index in [1.807, 2.05) is 0 Å². The summed E-state index contributed by atoms with van der Waals surface area (Å²) in [5.74, 6) is -2.29. The van der Waals surface area contributed by atoms with Gasteiger partial charge >= 0.3 is 5.97 Å². The molecule has 0 aromatic heterocycles. The van der Waals surface area contributed by atoms with E-state index in [-0.39, 0.29) is 16.8 Å². The average molecular weight is 326 g/mol. The molecule has 8 heteroatoms. The van der Waals surface area contributed by atoms with E-state index >= 15 is 0 Å². The molecule has 0 bridgehead atoms. The molecule has 22 heavy (non-hydrogen) atoms. The molecule has 0 spiro atoms. The maximum atomic E-state index is 11.9. The van der Waals surface area contributed by atoms with Crippen LogP contribution >= 0.6 is 0 Å². The van der Waals surface area contributed by atoms with Crippen LogP contribution < -0.4 is 10.0 Å². The molecule has 1 saturated carbocycles. The highest BCUT2D eigenvalue weighted by Gasteiger charge is 2.48. The van der Waals surface area contributed by atoms with Gasteiger partial charge in [0.05, 0.1) is 22.8 Å². The quantitative estimate of drug-likeness (QED) is 0.704. The molecule has 1 aliphatic rings. The van der Waals surface area contributed by atoms with E-state index in [4.69, 9.17) is 5.11 Å². The summed E-state index contributed by atoms with van der Waals surface area (Å²) in [6.07, 6.45) is 0.368. The molecule has 0 saturated heterocycles. The predicted octanol–water partition coefficient (Wildman–Crippen LogP) is 0.493. The van der Waals surface area contributed by atoms with E-state index in [1.165, 1.54) is 19.2 Å². The van der Waals surface area contributed by atoms with Crippen molar-refractivity contribution in [3.05, 3.63) is 29.8 Å². The van der Waals surface area contributed by atoms with Crippen molar-refractivity contribution in [2.24, 2.45) is 11.8 Å². The molecule has 1 aromatic carbocycles. The second-order valence-corrected chi connectivity index (χ2v) is 7.18. The van der Waals surface area contributed by atoms with Gasteiger partial charge in [0.1, 0.15) is 0 Å². The van der Waals surface area contributed by atoms with Crippen LogP contribution in [0.3, 0.4) is 0 Å². The van der Waals surface area contributed by atoms with Crippen molar-refractivity contribution in [1.82, 2.24) is 10.0 Å². The second kappa shape index (κ2) is 6.05. The van der Waals surface area contributed by atoms with Crippen LogP contribution in [0, 0.1) is 11.8 Å². The highest BCUT2D eigenvalue weighted by molar-refractivity contribution is 7.89. The molecule has 0 radical (unpaired) electrons. The molecule has 1 amide bonds. The number of carbonyl (C=O) groups is 2. The van der Waals surface area contributed by atoms with Crippen LogP contribution in [0.2, 0.25) is 0 Å². The summed E-state index contributed by atoms with van der Waals surface area (Å²) in [5.41, 5.74) is 0.746. The number of amides is 1. The molecular weight excluding hydrogens is 308 g/mol. The molecule has 0 heterocycles. The molecule has 120 valence electrons. The van der Waals surface area contributed by atoms with Gasteiger partial charge in [0.2, 0.25) is 15.9 Å². The molecule has 2 rings (SSSR count). The average Bonchev–Trinajstić information content (AvgIpc) is 3.28. The monoisotopic (exact) mass is 326 g/mol. The Hall–Kier alpha value is -1.93. The van der Waals surface area contributed by atoms with Crippen LogP contribution in [0.4, 0.5) is 0 Å². The van der Waals surface area contributed by atoms with Crippen molar-refractivity contribution >= 4 is 21.9 Å². The lowest BCUT2D eigenvalue weighted by Crippen LogP contribution is -2.29. The van der Waals surface area contributed by atoms with E-state index in [1.54, 1.807) is 19.1 Å². The molecule has 3 atom stereocenters. The summed E-state index contributed by atoms with van der Waals surface area (Å²) < 4.78 is 25.5. The number of carboxylic acid groups (broad SMARTS) is 1. The third kappa shape index (κ3) is 3.45. The first kappa shape index (κ1) is 16.4. The zero-order chi connectivity index (χ0) is 16.5. The standard InChI is InChI=1S/C14H18N2O5S/c1-8(16-13(17)11-7-12(11)14(18)19)9-3-5-10(6-4-9)22(20,21)15-2/h3-6,8,11-12,15H,7H2,1-2H3,(H,16,17)(H,18,19). The normalized spacial score (nSPS) is 21.9. The Morgan fingerprint density at radius 3 is 2.27 bits per heavy atom. The second-order valence-electron chi connectivity index (χ2n) is 5.29. The Bertz CT molecular complexity index is 684. The van der Waals surface area contributed by atoms with Gasteiger partial charge in [-0.2, -0.15) is 0 Å². The van der Waals surface area contributed by atoms with Crippen LogP contribution in [0.15, 0.2) is 29.2 Å². The van der Waals surface area contributed by atoms with Crippen LogP contribution in [-0.2, 0) is 19.6 Å². The number of rotatable bonds is 6. The Kier molecular flexibility index (Phi) is 4.52. The fraction of sp³-hybridized carbons (Fsp3) is 0.429. The van der Waals surface area contributed by atoms with E-state index in [0.717, 1.165) is 5.56 Å². The number of benzene rings is 1. The molecule has 3 N–H and O–H groups in total. The zero-order valence-corrected chi connectivity index (χ0v) is 13.1. The number of nitrogens with one attached hydrogen (secondary N) is 2. The lowest BCUT2D eigenvalue weighted by Gasteiger charge is -2.14. The maximum Gasteiger partial charge on any atom is 0.307 e. The van der Waals surface area contributed by atoms with E-state index in [0.29, 0.717) is 6.42 Å². The summed E-state index contributed by atoms with van der Waals surface area (Å²) in [7, 11) is -2.15. The first-order valence-corrected chi connectivity index (χ1v) is 8.31. The number of carboxylic acids is 1. The summed E-state index contributed by atoms with van der Waals surface area (Å²) in [5, 5.41) is 11.6. The van der Waals surface area contributed by atoms with Crippen molar-refractivity contribution in [3.8, 4) is 0 Å². The topological polar surface area (TPSA) is 113 Å². The van der Waals surface area contributed by atoms with Gasteiger partial charge in [0.25, 0.3) is 0 Å². The highest BCUT2D eigenvalue weighted by Crippen LogP contribution is 2.39. The van der Waals surface area contributed by atoms with Crippen LogP contribution in [0.5, 0.6) is 0 Å². The van der Waals surface area contributed by atoms with Crippen LogP contribution in [0.25, 0.3) is 0 Å². The summed E-state index contributed by atoms with van der Waals surface area (Å²) >= 11 is 0. The molecule has 3 unspecified atom stereocenters. The lowest BCUT2D eigenvalue weighted by atomic mass is 10.1. The Morgan fingerprint density at radius 1 is 1.23 bits per heavy atom. The molecule has 1 aliphatic carbocycles. The van der Waals surface area contributed by atoms with Crippen LogP contribution in [-0.4, -0.2) is 32.4 Å². The van der Waals surface area contributed by atoms with Gasteiger partial charge < -0.3 is 10.4 Å². The molecular formula is C14H18N2O5S. The van der Waals surface area contributed by atoms with Crippen molar-refractivity contribution in [2.75, 3.05) is 7.05 Å². The third-order valence-electron chi connectivity index (χ3n) is 3.76. The molecule has 7 nitrogen and oxygen atoms in total. The van der Waals surface area contributed by atoms with Crippen molar-refractivity contribution in [2.45, 2.75) is 24.3 Å². The van der Waals surface area contributed by atoms with Gasteiger partial charge in [-0.25, -0.2) is 13.1 Å². The van der Waals surface area contributed by atoms with E-state index < -0.39 is 27.8 Å². The minimum atomic E-state index is -3.49. The van der Waals surface area contributed by atoms with Gasteiger partial charge in [0, 0.05) is 0 Å². The Balaban J connectivity index is 2.00.